The molecule has 6 nitrogen and oxygen atoms in total. The lowest BCUT2D eigenvalue weighted by molar-refractivity contribution is 0.217. The quantitative estimate of drug-likeness (QED) is 0.661. The molecule has 0 aromatic heterocycles. The predicted octanol–water partition coefficient (Wildman–Crippen LogP) is 0.551. The number of nitrogen functional groups attached to an aromatic ring is 1. The normalized spacial score (nSPS) is 12.1. The Hall–Kier alpha value is -0.570. The van der Waals surface area contributed by atoms with E-state index in [4.69, 9.17) is 39.1 Å². The summed E-state index contributed by atoms with van der Waals surface area (Å²) in [6, 6.07) is 2.54. The van der Waals surface area contributed by atoms with Gasteiger partial charge in [0.2, 0.25) is 10.0 Å². The molecule has 0 aliphatic heterocycles. The van der Waals surface area contributed by atoms with Gasteiger partial charge in [-0.3, -0.25) is 0 Å². The number of hydrogen-bond acceptors (Lipinski definition) is 5. The lowest BCUT2D eigenvalue weighted by atomic mass is 10.3. The maximum absolute atomic E-state index is 12.4. The van der Waals surface area contributed by atoms with E-state index in [0.717, 1.165) is 4.31 Å². The van der Waals surface area contributed by atoms with E-state index in [2.05, 4.69) is 0 Å². The first-order chi connectivity index (χ1) is 8.84. The summed E-state index contributed by atoms with van der Waals surface area (Å²) in [4.78, 5) is -0.277. The highest BCUT2D eigenvalue weighted by atomic mass is 35.5. The zero-order valence-electron chi connectivity index (χ0n) is 9.88. The summed E-state index contributed by atoms with van der Waals surface area (Å²) in [6.07, 6.45) is 0. The number of halogens is 2. The van der Waals surface area contributed by atoms with Gasteiger partial charge >= 0.3 is 0 Å². The van der Waals surface area contributed by atoms with Crippen molar-refractivity contribution in [1.82, 2.24) is 4.31 Å². The maximum Gasteiger partial charge on any atom is 0.246 e. The molecule has 0 heterocycles. The van der Waals surface area contributed by atoms with Gasteiger partial charge in [0, 0.05) is 18.1 Å². The fourth-order valence-corrected chi connectivity index (χ4v) is 3.92. The van der Waals surface area contributed by atoms with Gasteiger partial charge < -0.3 is 15.9 Å². The van der Waals surface area contributed by atoms with E-state index in [1.54, 1.807) is 0 Å². The first-order valence-electron chi connectivity index (χ1n) is 5.31. The third kappa shape index (κ3) is 3.71. The van der Waals surface area contributed by atoms with Gasteiger partial charge in [0.1, 0.15) is 4.90 Å². The molecule has 0 saturated carbocycles. The van der Waals surface area contributed by atoms with Crippen LogP contribution in [0.2, 0.25) is 10.0 Å². The molecule has 0 aliphatic carbocycles. The van der Waals surface area contributed by atoms with Crippen LogP contribution >= 0.6 is 23.2 Å². The molecule has 9 heteroatoms. The van der Waals surface area contributed by atoms with E-state index in [-0.39, 0.29) is 46.9 Å². The smallest absolute Gasteiger partial charge is 0.246 e. The van der Waals surface area contributed by atoms with Gasteiger partial charge in [0.25, 0.3) is 0 Å². The highest BCUT2D eigenvalue weighted by molar-refractivity contribution is 7.89. The summed E-state index contributed by atoms with van der Waals surface area (Å²) in [6.45, 7) is -1.10. The largest absolute Gasteiger partial charge is 0.398 e. The van der Waals surface area contributed by atoms with Crippen LogP contribution in [0.15, 0.2) is 17.0 Å². The molecule has 0 unspecified atom stereocenters. The molecule has 0 bridgehead atoms. The number of nitrogens with zero attached hydrogens (tertiary/aromatic N) is 1. The van der Waals surface area contributed by atoms with Crippen molar-refractivity contribution in [3.05, 3.63) is 22.2 Å². The monoisotopic (exact) mass is 328 g/mol. The van der Waals surface area contributed by atoms with Gasteiger partial charge in [-0.1, -0.05) is 23.2 Å². The minimum absolute atomic E-state index is 0.0848. The van der Waals surface area contributed by atoms with Crippen LogP contribution in [0.1, 0.15) is 0 Å². The lowest BCUT2D eigenvalue weighted by Gasteiger charge is -2.22. The van der Waals surface area contributed by atoms with Gasteiger partial charge in [-0.15, -0.1) is 0 Å². The van der Waals surface area contributed by atoms with E-state index in [1.165, 1.54) is 12.1 Å². The van der Waals surface area contributed by atoms with Crippen molar-refractivity contribution in [1.29, 1.82) is 0 Å². The molecule has 0 aliphatic rings. The number of sulfonamides is 1. The van der Waals surface area contributed by atoms with Gasteiger partial charge in [0.05, 0.1) is 23.9 Å². The SMILES string of the molecule is Nc1cc(Cl)cc(Cl)c1S(=O)(=O)N(CCO)CCO. The fraction of sp³-hybridized carbons (Fsp3) is 0.400. The third-order valence-corrected chi connectivity index (χ3v) is 4.98. The lowest BCUT2D eigenvalue weighted by Crippen LogP contribution is -2.36. The van der Waals surface area contributed by atoms with Crippen LogP contribution in [0, 0.1) is 0 Å². The molecule has 1 rings (SSSR count). The van der Waals surface area contributed by atoms with Gasteiger partial charge in [-0.25, -0.2) is 8.42 Å². The van der Waals surface area contributed by atoms with E-state index in [0.29, 0.717) is 0 Å². The molecule has 4 N–H and O–H groups in total. The molecule has 0 radical (unpaired) electrons. The van der Waals surface area contributed by atoms with Crippen LogP contribution in [0.3, 0.4) is 0 Å². The van der Waals surface area contributed by atoms with E-state index < -0.39 is 10.0 Å². The molecule has 0 atom stereocenters. The van der Waals surface area contributed by atoms with Crippen LogP contribution < -0.4 is 5.73 Å². The Bertz CT molecular complexity index is 521. The van der Waals surface area contributed by atoms with Crippen molar-refractivity contribution >= 4 is 38.9 Å². The van der Waals surface area contributed by atoms with Crippen molar-refractivity contribution < 1.29 is 18.6 Å². The summed E-state index contributed by atoms with van der Waals surface area (Å²) in [5.74, 6) is 0. The molecular weight excluding hydrogens is 315 g/mol. The summed E-state index contributed by atoms with van der Waals surface area (Å²) < 4.78 is 25.6. The highest BCUT2D eigenvalue weighted by Crippen LogP contribution is 2.33. The molecule has 0 saturated heterocycles. The third-order valence-electron chi connectivity index (χ3n) is 2.33. The minimum Gasteiger partial charge on any atom is -0.398 e. The Labute approximate surface area is 121 Å². The second-order valence-electron chi connectivity index (χ2n) is 3.66. The van der Waals surface area contributed by atoms with E-state index in [1.807, 2.05) is 0 Å². The molecule has 0 spiro atoms. The van der Waals surface area contributed by atoms with Crippen LogP contribution in [0.25, 0.3) is 0 Å². The van der Waals surface area contributed by atoms with Crippen LogP contribution in [-0.2, 0) is 10.0 Å². The fourth-order valence-electron chi connectivity index (χ4n) is 1.56. The number of aliphatic hydroxyl groups excluding tert-OH is 2. The molecule has 108 valence electrons. The number of anilines is 1. The van der Waals surface area contributed by atoms with Crippen LogP contribution in [0.4, 0.5) is 5.69 Å². The second-order valence-corrected chi connectivity index (χ2v) is 6.38. The number of hydrogen-bond donors (Lipinski definition) is 3. The van der Waals surface area contributed by atoms with Crippen LogP contribution in [0.5, 0.6) is 0 Å². The molecule has 0 amide bonds. The van der Waals surface area contributed by atoms with E-state index in [9.17, 15) is 8.42 Å². The predicted molar refractivity (Wildman–Crippen MR) is 73.8 cm³/mol. The number of benzene rings is 1. The topological polar surface area (TPSA) is 104 Å². The van der Waals surface area contributed by atoms with Crippen molar-refractivity contribution in [3.63, 3.8) is 0 Å². The standard InChI is InChI=1S/C10H14Cl2N2O4S/c11-7-5-8(12)10(9(13)6-7)19(17,18)14(1-3-15)2-4-16/h5-6,15-16H,1-4,13H2. The van der Waals surface area contributed by atoms with E-state index >= 15 is 0 Å². The molecule has 1 aromatic carbocycles. The molecule has 19 heavy (non-hydrogen) atoms. The zero-order valence-corrected chi connectivity index (χ0v) is 12.2. The Kier molecular flexibility index (Phi) is 5.84. The Morgan fingerprint density at radius 3 is 2.11 bits per heavy atom. The van der Waals surface area contributed by atoms with Crippen molar-refractivity contribution in [2.75, 3.05) is 32.0 Å². The summed E-state index contributed by atoms with van der Waals surface area (Å²) in [5.41, 5.74) is 5.55. The maximum atomic E-state index is 12.4. The number of nitrogens with two attached hydrogens (primary N) is 1. The average Bonchev–Trinajstić information content (AvgIpc) is 2.26. The zero-order chi connectivity index (χ0) is 14.6. The van der Waals surface area contributed by atoms with Gasteiger partial charge in [-0.05, 0) is 12.1 Å². The number of aliphatic hydroxyl groups is 2. The molecule has 0 fully saturated rings. The highest BCUT2D eigenvalue weighted by Gasteiger charge is 2.28. The van der Waals surface area contributed by atoms with Gasteiger partial charge in [-0.2, -0.15) is 4.31 Å². The average molecular weight is 329 g/mol. The van der Waals surface area contributed by atoms with Crippen molar-refractivity contribution in [2.24, 2.45) is 0 Å². The second kappa shape index (κ2) is 6.74. The molecular formula is C10H14Cl2N2O4S. The Balaban J connectivity index is 3.33. The Morgan fingerprint density at radius 2 is 1.68 bits per heavy atom. The first-order valence-corrected chi connectivity index (χ1v) is 7.50. The van der Waals surface area contributed by atoms with Gasteiger partial charge in [0.15, 0.2) is 0 Å². The molecule has 1 aromatic rings. The summed E-state index contributed by atoms with van der Waals surface area (Å²) >= 11 is 11.6. The summed E-state index contributed by atoms with van der Waals surface area (Å²) in [7, 11) is -4.01. The minimum atomic E-state index is -4.01. The van der Waals surface area contributed by atoms with Crippen molar-refractivity contribution in [3.8, 4) is 0 Å². The summed E-state index contributed by atoms with van der Waals surface area (Å²) in [5, 5.41) is 17.9. The number of rotatable bonds is 6. The van der Waals surface area contributed by atoms with Crippen molar-refractivity contribution in [2.45, 2.75) is 4.90 Å². The first kappa shape index (κ1) is 16.5. The Morgan fingerprint density at radius 1 is 1.16 bits per heavy atom. The van der Waals surface area contributed by atoms with Crippen LogP contribution in [-0.4, -0.2) is 49.2 Å².